The van der Waals surface area contributed by atoms with Crippen molar-refractivity contribution in [3.05, 3.63) is 17.7 Å². The first-order valence-corrected chi connectivity index (χ1v) is 10.1. The molecule has 2 aliphatic heterocycles. The minimum Gasteiger partial charge on any atom is -0.343 e. The third kappa shape index (κ3) is 3.51. The highest BCUT2D eigenvalue weighted by Crippen LogP contribution is 2.40. The summed E-state index contributed by atoms with van der Waals surface area (Å²) in [6.45, 7) is 7.94. The summed E-state index contributed by atoms with van der Waals surface area (Å²) in [6.07, 6.45) is 7.24. The lowest BCUT2D eigenvalue weighted by Crippen LogP contribution is -2.43. The highest BCUT2D eigenvalue weighted by molar-refractivity contribution is 5.80. The van der Waals surface area contributed by atoms with Crippen LogP contribution in [0.2, 0.25) is 0 Å². The van der Waals surface area contributed by atoms with E-state index < -0.39 is 0 Å². The second-order valence-electron chi connectivity index (χ2n) is 8.36. The summed E-state index contributed by atoms with van der Waals surface area (Å²) >= 11 is 0. The highest BCUT2D eigenvalue weighted by Gasteiger charge is 2.34. The molecule has 0 N–H and O–H groups in total. The normalized spacial score (nSPS) is 24.3. The van der Waals surface area contributed by atoms with Crippen molar-refractivity contribution in [2.45, 2.75) is 58.4 Å². The molecule has 1 atom stereocenters. The van der Waals surface area contributed by atoms with Gasteiger partial charge >= 0.3 is 0 Å². The van der Waals surface area contributed by atoms with Crippen LogP contribution in [0.15, 0.2) is 6.20 Å². The second-order valence-corrected chi connectivity index (χ2v) is 8.36. The first kappa shape index (κ1) is 17.6. The van der Waals surface area contributed by atoms with Crippen LogP contribution in [0.3, 0.4) is 0 Å². The number of hydrogen-bond acceptors (Lipinski definition) is 3. The molecule has 142 valence electrons. The molecule has 26 heavy (non-hydrogen) atoms. The lowest BCUT2D eigenvalue weighted by Gasteiger charge is -2.32. The van der Waals surface area contributed by atoms with Gasteiger partial charge in [0.25, 0.3) is 0 Å². The van der Waals surface area contributed by atoms with Crippen LogP contribution in [0, 0.1) is 18.8 Å². The third-order valence-corrected chi connectivity index (χ3v) is 6.36. The molecule has 2 amide bonds. The number of carbonyl (C=O) groups is 2. The Morgan fingerprint density at radius 1 is 1.08 bits per heavy atom. The standard InChI is InChI=1S/C20H30N4O2/c1-14-11-21-19(17-3-4-17)24(14)13-16-5-8-23(12-16)20(26)18-6-9-22(10-7-18)15(2)25/h11,16-18H,3-10,12-13H2,1-2H3. The van der Waals surface area contributed by atoms with Crippen molar-refractivity contribution in [1.82, 2.24) is 19.4 Å². The Balaban J connectivity index is 1.32. The van der Waals surface area contributed by atoms with Crippen LogP contribution >= 0.6 is 0 Å². The maximum Gasteiger partial charge on any atom is 0.225 e. The summed E-state index contributed by atoms with van der Waals surface area (Å²) in [6, 6.07) is 0. The monoisotopic (exact) mass is 358 g/mol. The molecule has 3 fully saturated rings. The van der Waals surface area contributed by atoms with Gasteiger partial charge in [0, 0.05) is 63.4 Å². The molecule has 0 bridgehead atoms. The lowest BCUT2D eigenvalue weighted by atomic mass is 9.95. The first-order valence-electron chi connectivity index (χ1n) is 10.1. The van der Waals surface area contributed by atoms with Crippen LogP contribution in [0.1, 0.15) is 56.5 Å². The molecular weight excluding hydrogens is 328 g/mol. The van der Waals surface area contributed by atoms with Gasteiger partial charge in [-0.25, -0.2) is 4.98 Å². The van der Waals surface area contributed by atoms with Crippen LogP contribution in [0.4, 0.5) is 0 Å². The maximum atomic E-state index is 12.9. The van der Waals surface area contributed by atoms with E-state index in [4.69, 9.17) is 0 Å². The number of amides is 2. The Morgan fingerprint density at radius 2 is 1.77 bits per heavy atom. The Hall–Kier alpha value is -1.85. The molecule has 1 saturated carbocycles. The van der Waals surface area contributed by atoms with Gasteiger partial charge in [-0.1, -0.05) is 0 Å². The fourth-order valence-corrected chi connectivity index (χ4v) is 4.52. The van der Waals surface area contributed by atoms with Gasteiger partial charge in [0.05, 0.1) is 0 Å². The average Bonchev–Trinajstić information content (AvgIpc) is 3.27. The number of carbonyl (C=O) groups excluding carboxylic acids is 2. The molecule has 0 spiro atoms. The molecule has 2 saturated heterocycles. The van der Waals surface area contributed by atoms with Crippen LogP contribution in [-0.4, -0.2) is 57.3 Å². The predicted molar refractivity (Wildman–Crippen MR) is 98.6 cm³/mol. The van der Waals surface area contributed by atoms with Crippen LogP contribution < -0.4 is 0 Å². The highest BCUT2D eigenvalue weighted by atomic mass is 16.2. The summed E-state index contributed by atoms with van der Waals surface area (Å²) in [5.41, 5.74) is 1.24. The Bertz CT molecular complexity index is 686. The number of imidazole rings is 1. The Morgan fingerprint density at radius 3 is 2.42 bits per heavy atom. The van der Waals surface area contributed by atoms with Crippen LogP contribution in [0.5, 0.6) is 0 Å². The number of rotatable bonds is 4. The van der Waals surface area contributed by atoms with Crippen molar-refractivity contribution in [1.29, 1.82) is 0 Å². The molecule has 0 radical (unpaired) electrons. The molecule has 1 aliphatic carbocycles. The van der Waals surface area contributed by atoms with Gasteiger partial charge in [0.2, 0.25) is 11.8 Å². The average molecular weight is 358 g/mol. The third-order valence-electron chi connectivity index (χ3n) is 6.36. The number of piperidine rings is 1. The molecule has 6 heteroatoms. The van der Waals surface area contributed by atoms with E-state index >= 15 is 0 Å². The Kier molecular flexibility index (Phi) is 4.76. The zero-order chi connectivity index (χ0) is 18.3. The molecule has 0 aromatic carbocycles. The van der Waals surface area contributed by atoms with E-state index in [0.717, 1.165) is 52.0 Å². The number of nitrogens with zero attached hydrogens (tertiary/aromatic N) is 4. The SMILES string of the molecule is CC(=O)N1CCC(C(=O)N2CCC(Cn3c(C)cnc3C3CC3)C2)CC1. The second kappa shape index (κ2) is 7.05. The van der Waals surface area contributed by atoms with E-state index in [1.807, 2.05) is 11.1 Å². The van der Waals surface area contributed by atoms with Gasteiger partial charge in [0.1, 0.15) is 5.82 Å². The zero-order valence-corrected chi connectivity index (χ0v) is 16.0. The summed E-state index contributed by atoms with van der Waals surface area (Å²) < 4.78 is 2.39. The van der Waals surface area contributed by atoms with Crippen molar-refractivity contribution in [2.75, 3.05) is 26.2 Å². The molecule has 3 heterocycles. The van der Waals surface area contributed by atoms with Crippen molar-refractivity contribution >= 4 is 11.8 Å². The maximum absolute atomic E-state index is 12.9. The molecular formula is C20H30N4O2. The largest absolute Gasteiger partial charge is 0.343 e. The van der Waals surface area contributed by atoms with Gasteiger partial charge in [-0.05, 0) is 44.9 Å². The van der Waals surface area contributed by atoms with E-state index in [1.165, 1.54) is 24.4 Å². The van der Waals surface area contributed by atoms with Gasteiger partial charge < -0.3 is 14.4 Å². The van der Waals surface area contributed by atoms with E-state index in [2.05, 4.69) is 21.4 Å². The quantitative estimate of drug-likeness (QED) is 0.829. The zero-order valence-electron chi connectivity index (χ0n) is 16.0. The van der Waals surface area contributed by atoms with Crippen molar-refractivity contribution < 1.29 is 9.59 Å². The number of hydrogen-bond donors (Lipinski definition) is 0. The topological polar surface area (TPSA) is 58.4 Å². The van der Waals surface area contributed by atoms with Crippen LogP contribution in [-0.2, 0) is 16.1 Å². The van der Waals surface area contributed by atoms with Gasteiger partial charge in [-0.3, -0.25) is 9.59 Å². The number of likely N-dealkylation sites (tertiary alicyclic amines) is 2. The fourth-order valence-electron chi connectivity index (χ4n) is 4.52. The molecule has 1 aromatic heterocycles. The van der Waals surface area contributed by atoms with Crippen molar-refractivity contribution in [2.24, 2.45) is 11.8 Å². The first-order chi connectivity index (χ1) is 12.5. The summed E-state index contributed by atoms with van der Waals surface area (Å²) in [5.74, 6) is 2.97. The van der Waals surface area contributed by atoms with Crippen molar-refractivity contribution in [3.8, 4) is 0 Å². The Labute approximate surface area is 155 Å². The fraction of sp³-hybridized carbons (Fsp3) is 0.750. The number of aryl methyl sites for hydroxylation is 1. The molecule has 3 aliphatic rings. The van der Waals surface area contributed by atoms with E-state index in [0.29, 0.717) is 17.7 Å². The van der Waals surface area contributed by atoms with Gasteiger partial charge in [-0.15, -0.1) is 0 Å². The van der Waals surface area contributed by atoms with Gasteiger partial charge in [0.15, 0.2) is 0 Å². The summed E-state index contributed by atoms with van der Waals surface area (Å²) in [7, 11) is 0. The lowest BCUT2D eigenvalue weighted by molar-refractivity contribution is -0.139. The van der Waals surface area contributed by atoms with Gasteiger partial charge in [-0.2, -0.15) is 0 Å². The summed E-state index contributed by atoms with van der Waals surface area (Å²) in [5, 5.41) is 0. The molecule has 4 rings (SSSR count). The molecule has 6 nitrogen and oxygen atoms in total. The van der Waals surface area contributed by atoms with E-state index in [-0.39, 0.29) is 11.8 Å². The van der Waals surface area contributed by atoms with Crippen LogP contribution in [0.25, 0.3) is 0 Å². The van der Waals surface area contributed by atoms with Crippen molar-refractivity contribution in [3.63, 3.8) is 0 Å². The molecule has 1 aromatic rings. The minimum absolute atomic E-state index is 0.0985. The predicted octanol–water partition coefficient (Wildman–Crippen LogP) is 2.18. The summed E-state index contributed by atoms with van der Waals surface area (Å²) in [4.78, 5) is 32.9. The molecule has 1 unspecified atom stereocenters. The van der Waals surface area contributed by atoms with E-state index in [1.54, 1.807) is 6.92 Å². The smallest absolute Gasteiger partial charge is 0.225 e. The number of aromatic nitrogens is 2. The van der Waals surface area contributed by atoms with E-state index in [9.17, 15) is 9.59 Å². The minimum atomic E-state index is 0.0985.